The molecule has 1 nitrogen and oxygen atoms in total. The second kappa shape index (κ2) is 5.99. The molecule has 0 aromatic rings. The van der Waals surface area contributed by atoms with Crippen LogP contribution < -0.4 is 0 Å². The van der Waals surface area contributed by atoms with Crippen molar-refractivity contribution in [3.63, 3.8) is 0 Å². The van der Waals surface area contributed by atoms with Crippen molar-refractivity contribution in [3.8, 4) is 0 Å². The molecule has 1 atom stereocenters. The van der Waals surface area contributed by atoms with Crippen molar-refractivity contribution < 1.29 is 0 Å². The Labute approximate surface area is 75.6 Å². The van der Waals surface area contributed by atoms with Gasteiger partial charge in [-0.3, -0.25) is 4.99 Å². The lowest BCUT2D eigenvalue weighted by Gasteiger charge is -2.11. The monoisotopic (exact) mass is 165 g/mol. The molecule has 1 heteroatoms. The Balaban J connectivity index is 2.12. The molecular formula is C11H19N. The lowest BCUT2D eigenvalue weighted by molar-refractivity contribution is 0.624. The van der Waals surface area contributed by atoms with Gasteiger partial charge in [0.25, 0.3) is 0 Å². The molecule has 0 aromatic carbocycles. The highest BCUT2D eigenvalue weighted by molar-refractivity contribution is 5.61. The van der Waals surface area contributed by atoms with Crippen LogP contribution in [-0.4, -0.2) is 12.8 Å². The van der Waals surface area contributed by atoms with Crippen molar-refractivity contribution in [3.05, 3.63) is 12.2 Å². The van der Waals surface area contributed by atoms with Crippen LogP contribution in [0.4, 0.5) is 0 Å². The molecule has 0 unspecified atom stereocenters. The van der Waals surface area contributed by atoms with E-state index >= 15 is 0 Å². The summed E-state index contributed by atoms with van der Waals surface area (Å²) in [5.41, 5.74) is 0. The molecule has 1 aliphatic carbocycles. The molecule has 1 rings (SSSR count). The highest BCUT2D eigenvalue weighted by Crippen LogP contribution is 2.15. The van der Waals surface area contributed by atoms with Crippen molar-refractivity contribution in [2.75, 3.05) is 6.54 Å². The van der Waals surface area contributed by atoms with Gasteiger partial charge in [0.2, 0.25) is 0 Å². The molecule has 0 bridgehead atoms. The molecule has 68 valence electrons. The standard InChI is InChI=1S/C11H19N/c1-2-3-9-12-10-11-7-5-4-6-8-11/h4-5,10-11H,2-3,6-9H2,1H3/t11-/m1/s1. The Hall–Kier alpha value is -0.590. The molecule has 0 saturated carbocycles. The molecule has 12 heavy (non-hydrogen) atoms. The van der Waals surface area contributed by atoms with Crippen molar-refractivity contribution in [1.29, 1.82) is 0 Å². The quantitative estimate of drug-likeness (QED) is 0.344. The Bertz CT molecular complexity index is 158. The fourth-order valence-electron chi connectivity index (χ4n) is 1.43. The van der Waals surface area contributed by atoms with E-state index in [0.29, 0.717) is 0 Å². The third-order valence-electron chi connectivity index (χ3n) is 2.27. The Kier molecular flexibility index (Phi) is 4.74. The molecule has 0 heterocycles. The first-order valence-corrected chi connectivity index (χ1v) is 5.08. The molecule has 0 fully saturated rings. The second-order valence-electron chi connectivity index (χ2n) is 3.45. The zero-order chi connectivity index (χ0) is 8.65. The largest absolute Gasteiger partial charge is 0.297 e. The predicted octanol–water partition coefficient (Wildman–Crippen LogP) is 3.21. The number of unbranched alkanes of at least 4 members (excludes halogenated alkanes) is 1. The first-order valence-electron chi connectivity index (χ1n) is 5.08. The lowest BCUT2D eigenvalue weighted by atomic mass is 9.96. The number of hydrogen-bond donors (Lipinski definition) is 0. The maximum absolute atomic E-state index is 4.43. The predicted molar refractivity (Wildman–Crippen MR) is 54.7 cm³/mol. The zero-order valence-electron chi connectivity index (χ0n) is 8.00. The van der Waals surface area contributed by atoms with Gasteiger partial charge in [-0.1, -0.05) is 25.5 Å². The maximum Gasteiger partial charge on any atom is 0.0385 e. The number of aliphatic imine (C=N–C) groups is 1. The van der Waals surface area contributed by atoms with Crippen molar-refractivity contribution in [2.45, 2.75) is 39.0 Å². The third kappa shape index (κ3) is 3.70. The van der Waals surface area contributed by atoms with Crippen LogP contribution in [0, 0.1) is 5.92 Å². The van der Waals surface area contributed by atoms with Gasteiger partial charge >= 0.3 is 0 Å². The SMILES string of the molecule is CCCCN=C[C@@H]1CC=CCC1. The Morgan fingerprint density at radius 2 is 2.42 bits per heavy atom. The van der Waals surface area contributed by atoms with Gasteiger partial charge in [-0.2, -0.15) is 0 Å². The zero-order valence-corrected chi connectivity index (χ0v) is 8.00. The normalized spacial score (nSPS) is 23.6. The van der Waals surface area contributed by atoms with Gasteiger partial charge in [0.15, 0.2) is 0 Å². The van der Waals surface area contributed by atoms with Crippen LogP contribution in [0.5, 0.6) is 0 Å². The maximum atomic E-state index is 4.43. The average molecular weight is 165 g/mol. The molecule has 1 aliphatic rings. The van der Waals surface area contributed by atoms with Crippen molar-refractivity contribution in [1.82, 2.24) is 0 Å². The van der Waals surface area contributed by atoms with Crippen molar-refractivity contribution in [2.24, 2.45) is 10.9 Å². The molecule has 0 aliphatic heterocycles. The van der Waals surface area contributed by atoms with Crippen LogP contribution in [0.1, 0.15) is 39.0 Å². The summed E-state index contributed by atoms with van der Waals surface area (Å²) in [7, 11) is 0. The molecule has 0 aromatic heterocycles. The first kappa shape index (κ1) is 9.50. The number of rotatable bonds is 4. The molecule has 0 saturated heterocycles. The van der Waals surface area contributed by atoms with Gasteiger partial charge < -0.3 is 0 Å². The van der Waals surface area contributed by atoms with Gasteiger partial charge in [0.1, 0.15) is 0 Å². The summed E-state index contributed by atoms with van der Waals surface area (Å²) in [6.07, 6.45) is 12.9. The Morgan fingerprint density at radius 3 is 3.08 bits per heavy atom. The summed E-state index contributed by atoms with van der Waals surface area (Å²) in [4.78, 5) is 4.43. The van der Waals surface area contributed by atoms with Gasteiger partial charge in [-0.15, -0.1) is 0 Å². The fraction of sp³-hybridized carbons (Fsp3) is 0.727. The minimum atomic E-state index is 0.729. The molecule has 0 radical (unpaired) electrons. The summed E-state index contributed by atoms with van der Waals surface area (Å²) >= 11 is 0. The van der Waals surface area contributed by atoms with E-state index < -0.39 is 0 Å². The first-order chi connectivity index (χ1) is 5.93. The minimum absolute atomic E-state index is 0.729. The summed E-state index contributed by atoms with van der Waals surface area (Å²) in [6, 6.07) is 0. The van der Waals surface area contributed by atoms with Gasteiger partial charge in [0, 0.05) is 12.8 Å². The van der Waals surface area contributed by atoms with Gasteiger partial charge in [0.05, 0.1) is 0 Å². The molecular weight excluding hydrogens is 146 g/mol. The topological polar surface area (TPSA) is 12.4 Å². The van der Waals surface area contributed by atoms with E-state index in [1.54, 1.807) is 0 Å². The van der Waals surface area contributed by atoms with E-state index in [1.165, 1.54) is 32.1 Å². The van der Waals surface area contributed by atoms with E-state index in [-0.39, 0.29) is 0 Å². The summed E-state index contributed by atoms with van der Waals surface area (Å²) in [5.74, 6) is 0.729. The average Bonchev–Trinajstić information content (AvgIpc) is 2.14. The third-order valence-corrected chi connectivity index (χ3v) is 2.27. The smallest absolute Gasteiger partial charge is 0.0385 e. The van der Waals surface area contributed by atoms with Crippen LogP contribution in [0.2, 0.25) is 0 Å². The van der Waals surface area contributed by atoms with E-state index in [9.17, 15) is 0 Å². The summed E-state index contributed by atoms with van der Waals surface area (Å²) < 4.78 is 0. The van der Waals surface area contributed by atoms with Gasteiger partial charge in [-0.05, 0) is 31.6 Å². The van der Waals surface area contributed by atoms with Crippen molar-refractivity contribution >= 4 is 6.21 Å². The van der Waals surface area contributed by atoms with Crippen LogP contribution in [0.15, 0.2) is 17.1 Å². The van der Waals surface area contributed by atoms with Crippen LogP contribution in [-0.2, 0) is 0 Å². The second-order valence-corrected chi connectivity index (χ2v) is 3.45. The molecule has 0 N–H and O–H groups in total. The number of hydrogen-bond acceptors (Lipinski definition) is 1. The highest BCUT2D eigenvalue weighted by atomic mass is 14.7. The summed E-state index contributed by atoms with van der Waals surface area (Å²) in [5, 5.41) is 0. The number of nitrogens with zero attached hydrogens (tertiary/aromatic N) is 1. The van der Waals surface area contributed by atoms with Crippen LogP contribution in [0.3, 0.4) is 0 Å². The van der Waals surface area contributed by atoms with Gasteiger partial charge in [-0.25, -0.2) is 0 Å². The van der Waals surface area contributed by atoms with Crippen LogP contribution in [0.25, 0.3) is 0 Å². The Morgan fingerprint density at radius 1 is 1.50 bits per heavy atom. The summed E-state index contributed by atoms with van der Waals surface area (Å²) in [6.45, 7) is 3.23. The van der Waals surface area contributed by atoms with Crippen LogP contribution >= 0.6 is 0 Å². The van der Waals surface area contributed by atoms with E-state index in [0.717, 1.165) is 12.5 Å². The fourth-order valence-corrected chi connectivity index (χ4v) is 1.43. The minimum Gasteiger partial charge on any atom is -0.297 e. The molecule has 0 amide bonds. The van der Waals surface area contributed by atoms with E-state index in [2.05, 4.69) is 30.3 Å². The van der Waals surface area contributed by atoms with E-state index in [1.807, 2.05) is 0 Å². The molecule has 0 spiro atoms. The highest BCUT2D eigenvalue weighted by Gasteiger charge is 2.05. The number of allylic oxidation sites excluding steroid dienone is 2. The lowest BCUT2D eigenvalue weighted by Crippen LogP contribution is -2.03. The van der Waals surface area contributed by atoms with E-state index in [4.69, 9.17) is 0 Å².